The summed E-state index contributed by atoms with van der Waals surface area (Å²) in [7, 11) is 0. The Bertz CT molecular complexity index is 1300. The van der Waals surface area contributed by atoms with Gasteiger partial charge in [0.1, 0.15) is 11.4 Å². The number of nitrogens with one attached hydrogen (secondary N) is 1. The predicted molar refractivity (Wildman–Crippen MR) is 128 cm³/mol. The Kier molecular flexibility index (Phi) is 5.97. The molecule has 0 bridgehead atoms. The molecule has 0 aliphatic carbocycles. The molecule has 1 saturated heterocycles. The van der Waals surface area contributed by atoms with Gasteiger partial charge in [-0.1, -0.05) is 30.3 Å². The van der Waals surface area contributed by atoms with Crippen LogP contribution >= 0.6 is 0 Å². The van der Waals surface area contributed by atoms with Crippen molar-refractivity contribution >= 4 is 17.5 Å². The number of rotatable bonds is 7. The minimum atomic E-state index is -0.289. The molecule has 2 aromatic carbocycles. The van der Waals surface area contributed by atoms with Crippen molar-refractivity contribution in [2.75, 3.05) is 11.9 Å². The van der Waals surface area contributed by atoms with Gasteiger partial charge in [0.2, 0.25) is 5.91 Å². The zero-order valence-electron chi connectivity index (χ0n) is 18.6. The van der Waals surface area contributed by atoms with Crippen LogP contribution < -0.4 is 11.1 Å². The van der Waals surface area contributed by atoms with Gasteiger partial charge in [0.05, 0.1) is 18.0 Å². The highest BCUT2D eigenvalue weighted by Gasteiger charge is 2.28. The molecule has 1 aliphatic rings. The summed E-state index contributed by atoms with van der Waals surface area (Å²) in [5.74, 6) is 0.00586. The van der Waals surface area contributed by atoms with Crippen molar-refractivity contribution in [1.29, 1.82) is 0 Å². The summed E-state index contributed by atoms with van der Waals surface area (Å²) in [6.45, 7) is 1.43. The highest BCUT2D eigenvalue weighted by molar-refractivity contribution is 6.04. The lowest BCUT2D eigenvalue weighted by Crippen LogP contribution is -2.39. The lowest BCUT2D eigenvalue weighted by atomic mass is 10.1. The Balaban J connectivity index is 1.39. The van der Waals surface area contributed by atoms with Crippen molar-refractivity contribution in [3.63, 3.8) is 0 Å². The number of benzene rings is 2. The van der Waals surface area contributed by atoms with Gasteiger partial charge < -0.3 is 15.5 Å². The number of furan rings is 1. The van der Waals surface area contributed by atoms with Crippen LogP contribution in [0.1, 0.15) is 28.9 Å². The van der Waals surface area contributed by atoms with Crippen molar-refractivity contribution in [3.8, 4) is 17.1 Å². The Hall–Kier alpha value is -4.17. The summed E-state index contributed by atoms with van der Waals surface area (Å²) in [6, 6.07) is 22.2. The van der Waals surface area contributed by atoms with E-state index in [0.717, 1.165) is 30.6 Å². The van der Waals surface area contributed by atoms with Gasteiger partial charge in [0.15, 0.2) is 5.76 Å². The summed E-state index contributed by atoms with van der Waals surface area (Å²) >= 11 is 0. The molecule has 8 nitrogen and oxygen atoms in total. The highest BCUT2D eigenvalue weighted by atomic mass is 16.3. The molecule has 4 aromatic rings. The average molecular weight is 456 g/mol. The molecule has 34 heavy (non-hydrogen) atoms. The van der Waals surface area contributed by atoms with Crippen molar-refractivity contribution in [1.82, 2.24) is 14.7 Å². The Labute approximate surface area is 197 Å². The average Bonchev–Trinajstić information content (AvgIpc) is 3.60. The van der Waals surface area contributed by atoms with Crippen molar-refractivity contribution < 1.29 is 14.0 Å². The van der Waals surface area contributed by atoms with E-state index in [1.54, 1.807) is 29.1 Å². The number of carbonyl (C=O) groups excluding carboxylic acids is 2. The number of anilines is 1. The zero-order chi connectivity index (χ0) is 23.5. The van der Waals surface area contributed by atoms with E-state index in [1.807, 2.05) is 54.6 Å². The minimum absolute atomic E-state index is 0.238. The van der Waals surface area contributed by atoms with Gasteiger partial charge in [0.25, 0.3) is 5.91 Å². The van der Waals surface area contributed by atoms with Gasteiger partial charge in [-0.15, -0.1) is 0 Å². The highest BCUT2D eigenvalue weighted by Crippen LogP contribution is 2.24. The van der Waals surface area contributed by atoms with Crippen LogP contribution in [0.4, 0.5) is 5.69 Å². The first-order valence-corrected chi connectivity index (χ1v) is 11.2. The van der Waals surface area contributed by atoms with E-state index >= 15 is 0 Å². The third-order valence-corrected chi connectivity index (χ3v) is 5.98. The standard InChI is InChI=1S/C26H25N5O3/c27-25(32)22-11-5-13-30(22)17-18-7-4-8-19(15-18)28-26(33)23-16-21(24-12-6-14-34-24)29-31(23)20-9-2-1-3-10-20/h1-4,6-10,12,14-16,22H,5,11,13,17H2,(H2,27,32)(H,28,33). The van der Waals surface area contributed by atoms with Gasteiger partial charge in [-0.2, -0.15) is 5.10 Å². The van der Waals surface area contributed by atoms with Crippen LogP contribution in [0.25, 0.3) is 17.1 Å². The molecule has 2 aromatic heterocycles. The molecule has 1 unspecified atom stereocenters. The van der Waals surface area contributed by atoms with E-state index in [1.165, 1.54) is 0 Å². The number of amides is 2. The number of carbonyl (C=O) groups is 2. The number of hydrogen-bond donors (Lipinski definition) is 2. The van der Waals surface area contributed by atoms with Crippen LogP contribution in [0, 0.1) is 0 Å². The number of likely N-dealkylation sites (tertiary alicyclic amines) is 1. The smallest absolute Gasteiger partial charge is 0.274 e. The van der Waals surface area contributed by atoms with E-state index < -0.39 is 0 Å². The molecule has 1 fully saturated rings. The summed E-state index contributed by atoms with van der Waals surface area (Å²) in [5.41, 5.74) is 8.94. The molecule has 5 rings (SSSR count). The second-order valence-corrected chi connectivity index (χ2v) is 8.32. The van der Waals surface area contributed by atoms with E-state index in [2.05, 4.69) is 15.3 Å². The van der Waals surface area contributed by atoms with Crippen molar-refractivity contribution in [2.24, 2.45) is 5.73 Å². The quantitative estimate of drug-likeness (QED) is 0.440. The maximum absolute atomic E-state index is 13.3. The molecular formula is C26H25N5O3. The maximum Gasteiger partial charge on any atom is 0.274 e. The number of para-hydroxylation sites is 1. The fraction of sp³-hybridized carbons (Fsp3) is 0.192. The monoisotopic (exact) mass is 455 g/mol. The molecule has 8 heteroatoms. The number of hydrogen-bond acceptors (Lipinski definition) is 5. The maximum atomic E-state index is 13.3. The second kappa shape index (κ2) is 9.36. The fourth-order valence-electron chi connectivity index (χ4n) is 4.37. The van der Waals surface area contributed by atoms with E-state index in [9.17, 15) is 9.59 Å². The predicted octanol–water partition coefficient (Wildman–Crippen LogP) is 3.83. The molecule has 3 N–H and O–H groups in total. The second-order valence-electron chi connectivity index (χ2n) is 8.32. The zero-order valence-corrected chi connectivity index (χ0v) is 18.6. The molecule has 172 valence electrons. The number of nitrogens with zero attached hydrogens (tertiary/aromatic N) is 3. The Morgan fingerprint density at radius 2 is 1.91 bits per heavy atom. The lowest BCUT2D eigenvalue weighted by Gasteiger charge is -2.22. The topological polar surface area (TPSA) is 106 Å². The lowest BCUT2D eigenvalue weighted by molar-refractivity contribution is -0.122. The van der Waals surface area contributed by atoms with Crippen LogP contribution in [-0.2, 0) is 11.3 Å². The van der Waals surface area contributed by atoms with Crippen LogP contribution in [0.3, 0.4) is 0 Å². The number of primary amides is 1. The summed E-state index contributed by atoms with van der Waals surface area (Å²) in [5, 5.41) is 7.59. The molecule has 1 aliphatic heterocycles. The summed E-state index contributed by atoms with van der Waals surface area (Å²) in [4.78, 5) is 27.1. The minimum Gasteiger partial charge on any atom is -0.463 e. The van der Waals surface area contributed by atoms with Crippen LogP contribution in [0.2, 0.25) is 0 Å². The normalized spacial score (nSPS) is 15.9. The SMILES string of the molecule is NC(=O)C1CCCN1Cc1cccc(NC(=O)c2cc(-c3ccco3)nn2-c2ccccc2)c1. The van der Waals surface area contributed by atoms with Gasteiger partial charge in [-0.25, -0.2) is 4.68 Å². The third-order valence-electron chi connectivity index (χ3n) is 5.98. The van der Waals surface area contributed by atoms with Crippen LogP contribution in [0.15, 0.2) is 83.5 Å². The van der Waals surface area contributed by atoms with Crippen molar-refractivity contribution in [2.45, 2.75) is 25.4 Å². The molecule has 2 amide bonds. The summed E-state index contributed by atoms with van der Waals surface area (Å²) in [6.07, 6.45) is 3.31. The number of aromatic nitrogens is 2. The van der Waals surface area contributed by atoms with Crippen LogP contribution in [0.5, 0.6) is 0 Å². The molecule has 0 saturated carbocycles. The summed E-state index contributed by atoms with van der Waals surface area (Å²) < 4.78 is 7.09. The van der Waals surface area contributed by atoms with E-state index in [0.29, 0.717) is 29.4 Å². The van der Waals surface area contributed by atoms with Gasteiger partial charge in [-0.05, 0) is 61.3 Å². The van der Waals surface area contributed by atoms with Crippen LogP contribution in [-0.4, -0.2) is 39.1 Å². The Morgan fingerprint density at radius 1 is 1.06 bits per heavy atom. The fourth-order valence-corrected chi connectivity index (χ4v) is 4.37. The molecule has 0 spiro atoms. The van der Waals surface area contributed by atoms with E-state index in [4.69, 9.17) is 10.2 Å². The third kappa shape index (κ3) is 4.49. The van der Waals surface area contributed by atoms with Gasteiger partial charge in [-0.3, -0.25) is 14.5 Å². The molecule has 1 atom stereocenters. The largest absolute Gasteiger partial charge is 0.463 e. The first-order valence-electron chi connectivity index (χ1n) is 11.2. The van der Waals surface area contributed by atoms with Gasteiger partial charge in [0, 0.05) is 18.3 Å². The molecule has 0 radical (unpaired) electrons. The first kappa shape index (κ1) is 21.7. The Morgan fingerprint density at radius 3 is 2.68 bits per heavy atom. The first-order chi connectivity index (χ1) is 16.6. The molecule has 3 heterocycles. The van der Waals surface area contributed by atoms with Gasteiger partial charge >= 0.3 is 0 Å². The molecular weight excluding hydrogens is 430 g/mol. The number of nitrogens with two attached hydrogens (primary N) is 1. The van der Waals surface area contributed by atoms with E-state index in [-0.39, 0.29) is 17.9 Å². The van der Waals surface area contributed by atoms with Crippen molar-refractivity contribution in [3.05, 3.63) is 90.3 Å².